The van der Waals surface area contributed by atoms with Crippen molar-refractivity contribution in [1.29, 1.82) is 0 Å². The van der Waals surface area contributed by atoms with Gasteiger partial charge >= 0.3 is 5.69 Å². The molecular formula is C14H22N2O4. The quantitative estimate of drug-likeness (QED) is 0.537. The SMILES string of the molecule is CCCOc1cc(NC(C)CCCO)ccc1[N+](=O)[O-]. The van der Waals surface area contributed by atoms with Gasteiger partial charge in [0.15, 0.2) is 5.75 Å². The standard InChI is InChI=1S/C14H22N2O4/c1-3-9-20-14-10-12(6-7-13(14)16(18)19)15-11(2)5-4-8-17/h6-7,10-11,15,17H,3-5,8-9H2,1-2H3. The van der Waals surface area contributed by atoms with Gasteiger partial charge in [-0.25, -0.2) is 0 Å². The van der Waals surface area contributed by atoms with Crippen molar-refractivity contribution in [3.63, 3.8) is 0 Å². The molecule has 0 fully saturated rings. The van der Waals surface area contributed by atoms with E-state index >= 15 is 0 Å². The van der Waals surface area contributed by atoms with Crippen LogP contribution in [0.25, 0.3) is 0 Å². The average Bonchev–Trinajstić information content (AvgIpc) is 2.42. The number of aliphatic hydroxyl groups is 1. The maximum absolute atomic E-state index is 10.9. The second-order valence-electron chi connectivity index (χ2n) is 4.70. The summed E-state index contributed by atoms with van der Waals surface area (Å²) in [7, 11) is 0. The second kappa shape index (κ2) is 8.37. The van der Waals surface area contributed by atoms with Crippen LogP contribution in [0.1, 0.15) is 33.1 Å². The molecule has 6 heteroatoms. The normalized spacial score (nSPS) is 11.9. The molecule has 112 valence electrons. The molecule has 0 heterocycles. The van der Waals surface area contributed by atoms with Gasteiger partial charge in [0.05, 0.1) is 11.5 Å². The number of hydrogen-bond donors (Lipinski definition) is 2. The van der Waals surface area contributed by atoms with E-state index in [2.05, 4.69) is 5.32 Å². The number of nitrogens with one attached hydrogen (secondary N) is 1. The minimum absolute atomic E-state index is 0.0213. The van der Waals surface area contributed by atoms with Gasteiger partial charge in [-0.2, -0.15) is 0 Å². The van der Waals surface area contributed by atoms with Crippen molar-refractivity contribution >= 4 is 11.4 Å². The van der Waals surface area contributed by atoms with Gasteiger partial charge < -0.3 is 15.2 Å². The van der Waals surface area contributed by atoms with Crippen LogP contribution in [-0.4, -0.2) is 29.3 Å². The van der Waals surface area contributed by atoms with Gasteiger partial charge in [0.1, 0.15) is 0 Å². The van der Waals surface area contributed by atoms with Crippen molar-refractivity contribution < 1.29 is 14.8 Å². The maximum Gasteiger partial charge on any atom is 0.311 e. The first-order chi connectivity index (χ1) is 9.58. The van der Waals surface area contributed by atoms with Crippen LogP contribution < -0.4 is 10.1 Å². The largest absolute Gasteiger partial charge is 0.487 e. The lowest BCUT2D eigenvalue weighted by Gasteiger charge is -2.15. The Bertz CT molecular complexity index is 437. The molecule has 1 rings (SSSR count). The van der Waals surface area contributed by atoms with Crippen LogP contribution in [0.5, 0.6) is 5.75 Å². The summed E-state index contributed by atoms with van der Waals surface area (Å²) in [5.74, 6) is 0.288. The number of anilines is 1. The van der Waals surface area contributed by atoms with Gasteiger partial charge in [-0.05, 0) is 32.3 Å². The Morgan fingerprint density at radius 2 is 2.25 bits per heavy atom. The van der Waals surface area contributed by atoms with Gasteiger partial charge in [-0.15, -0.1) is 0 Å². The zero-order chi connectivity index (χ0) is 15.0. The number of nitrogens with zero attached hydrogens (tertiary/aromatic N) is 1. The third-order valence-electron chi connectivity index (χ3n) is 2.83. The fraction of sp³-hybridized carbons (Fsp3) is 0.571. The smallest absolute Gasteiger partial charge is 0.311 e. The maximum atomic E-state index is 10.9. The molecule has 1 atom stereocenters. The molecule has 0 saturated heterocycles. The first-order valence-corrected chi connectivity index (χ1v) is 6.87. The van der Waals surface area contributed by atoms with E-state index in [0.717, 1.165) is 24.9 Å². The van der Waals surface area contributed by atoms with E-state index < -0.39 is 4.92 Å². The van der Waals surface area contributed by atoms with Crippen LogP contribution in [0.15, 0.2) is 18.2 Å². The fourth-order valence-corrected chi connectivity index (χ4v) is 1.84. The number of ether oxygens (including phenoxy) is 1. The molecule has 1 aromatic carbocycles. The summed E-state index contributed by atoms with van der Waals surface area (Å²) in [6.45, 7) is 4.57. The molecule has 20 heavy (non-hydrogen) atoms. The zero-order valence-electron chi connectivity index (χ0n) is 12.0. The topological polar surface area (TPSA) is 84.6 Å². The van der Waals surface area contributed by atoms with Crippen molar-refractivity contribution in [3.8, 4) is 5.75 Å². The predicted octanol–water partition coefficient (Wildman–Crippen LogP) is 2.96. The molecule has 0 aliphatic rings. The Kier molecular flexibility index (Phi) is 6.79. The van der Waals surface area contributed by atoms with Gasteiger partial charge in [0, 0.05) is 30.5 Å². The molecule has 0 saturated carbocycles. The average molecular weight is 282 g/mol. The van der Waals surface area contributed by atoms with Crippen LogP contribution in [-0.2, 0) is 0 Å². The molecule has 0 spiro atoms. The fourth-order valence-electron chi connectivity index (χ4n) is 1.84. The number of hydrogen-bond acceptors (Lipinski definition) is 5. The highest BCUT2D eigenvalue weighted by Gasteiger charge is 2.16. The van der Waals surface area contributed by atoms with Crippen molar-refractivity contribution in [2.75, 3.05) is 18.5 Å². The van der Waals surface area contributed by atoms with E-state index in [1.54, 1.807) is 12.1 Å². The lowest BCUT2D eigenvalue weighted by Crippen LogP contribution is -2.15. The number of nitro benzene ring substituents is 1. The molecule has 0 aromatic heterocycles. The van der Waals surface area contributed by atoms with E-state index in [0.29, 0.717) is 6.61 Å². The summed E-state index contributed by atoms with van der Waals surface area (Å²) in [6.07, 6.45) is 2.35. The first-order valence-electron chi connectivity index (χ1n) is 6.87. The highest BCUT2D eigenvalue weighted by molar-refractivity contribution is 5.58. The molecule has 1 aromatic rings. The van der Waals surface area contributed by atoms with Gasteiger partial charge in [-0.1, -0.05) is 6.92 Å². The Morgan fingerprint density at radius 1 is 1.50 bits per heavy atom. The van der Waals surface area contributed by atoms with E-state index in [9.17, 15) is 10.1 Å². The van der Waals surface area contributed by atoms with E-state index in [4.69, 9.17) is 9.84 Å². The molecule has 6 nitrogen and oxygen atoms in total. The Balaban J connectivity index is 2.80. The molecule has 0 radical (unpaired) electrons. The second-order valence-corrected chi connectivity index (χ2v) is 4.70. The predicted molar refractivity (Wildman–Crippen MR) is 78.3 cm³/mol. The van der Waals surface area contributed by atoms with Crippen molar-refractivity contribution in [3.05, 3.63) is 28.3 Å². The molecule has 1 unspecified atom stereocenters. The monoisotopic (exact) mass is 282 g/mol. The lowest BCUT2D eigenvalue weighted by atomic mass is 10.1. The third kappa shape index (κ3) is 5.05. The zero-order valence-corrected chi connectivity index (χ0v) is 12.0. The van der Waals surface area contributed by atoms with Gasteiger partial charge in [-0.3, -0.25) is 10.1 Å². The number of aliphatic hydroxyl groups excluding tert-OH is 1. The Labute approximate surface area is 118 Å². The van der Waals surface area contributed by atoms with Crippen molar-refractivity contribution in [2.24, 2.45) is 0 Å². The van der Waals surface area contributed by atoms with Crippen LogP contribution in [0, 0.1) is 10.1 Å². The molecule has 0 aliphatic carbocycles. The van der Waals surface area contributed by atoms with Gasteiger partial charge in [0.25, 0.3) is 0 Å². The lowest BCUT2D eigenvalue weighted by molar-refractivity contribution is -0.385. The number of nitro groups is 1. The highest BCUT2D eigenvalue weighted by Crippen LogP contribution is 2.30. The molecule has 0 bridgehead atoms. The van der Waals surface area contributed by atoms with Crippen molar-refractivity contribution in [1.82, 2.24) is 0 Å². The van der Waals surface area contributed by atoms with Gasteiger partial charge in [0.2, 0.25) is 0 Å². The minimum atomic E-state index is -0.441. The summed E-state index contributed by atoms with van der Waals surface area (Å²) in [5.41, 5.74) is 0.763. The summed E-state index contributed by atoms with van der Waals surface area (Å²) in [6, 6.07) is 4.96. The minimum Gasteiger partial charge on any atom is -0.487 e. The molecule has 2 N–H and O–H groups in total. The highest BCUT2D eigenvalue weighted by atomic mass is 16.6. The van der Waals surface area contributed by atoms with E-state index in [1.807, 2.05) is 13.8 Å². The molecule has 0 aliphatic heterocycles. The summed E-state index contributed by atoms with van der Waals surface area (Å²) in [4.78, 5) is 10.5. The number of benzene rings is 1. The van der Waals surface area contributed by atoms with Crippen molar-refractivity contribution in [2.45, 2.75) is 39.2 Å². The van der Waals surface area contributed by atoms with Crippen LogP contribution >= 0.6 is 0 Å². The first kappa shape index (κ1) is 16.2. The van der Waals surface area contributed by atoms with Crippen LogP contribution in [0.3, 0.4) is 0 Å². The summed E-state index contributed by atoms with van der Waals surface area (Å²) < 4.78 is 5.43. The van der Waals surface area contributed by atoms with Crippen LogP contribution in [0.2, 0.25) is 0 Å². The molecule has 0 amide bonds. The number of rotatable bonds is 9. The third-order valence-corrected chi connectivity index (χ3v) is 2.83. The molecular weight excluding hydrogens is 260 g/mol. The van der Waals surface area contributed by atoms with E-state index in [-0.39, 0.29) is 24.1 Å². The van der Waals surface area contributed by atoms with Crippen LogP contribution in [0.4, 0.5) is 11.4 Å². The Morgan fingerprint density at radius 3 is 2.85 bits per heavy atom. The Hall–Kier alpha value is -1.82. The van der Waals surface area contributed by atoms with E-state index in [1.165, 1.54) is 6.07 Å². The summed E-state index contributed by atoms with van der Waals surface area (Å²) in [5, 5.41) is 23.0. The summed E-state index contributed by atoms with van der Waals surface area (Å²) >= 11 is 0.